The smallest absolute Gasteiger partial charge is 0.158 e. The summed E-state index contributed by atoms with van der Waals surface area (Å²) in [7, 11) is 0. The molecule has 0 N–H and O–H groups in total. The van der Waals surface area contributed by atoms with Crippen LogP contribution < -0.4 is 0 Å². The molecule has 0 rings (SSSR count). The van der Waals surface area contributed by atoms with Gasteiger partial charge >= 0.3 is 0 Å². The molecule has 0 aromatic rings. The molecule has 25 heavy (non-hydrogen) atoms. The summed E-state index contributed by atoms with van der Waals surface area (Å²) in [5.74, 6) is 12.6. The zero-order valence-corrected chi connectivity index (χ0v) is 16.2. The number of nitriles is 1. The van der Waals surface area contributed by atoms with Crippen molar-refractivity contribution in [3.63, 3.8) is 0 Å². The molecule has 3 heteroatoms. The van der Waals surface area contributed by atoms with Crippen molar-refractivity contribution in [2.24, 2.45) is 0 Å². The second-order valence-corrected chi connectivity index (χ2v) is 5.99. The van der Waals surface area contributed by atoms with Gasteiger partial charge in [0.05, 0.1) is 19.3 Å². The number of rotatable bonds is 14. The summed E-state index contributed by atoms with van der Waals surface area (Å²) in [5, 5.41) is 8.73. The number of hydrogen-bond acceptors (Lipinski definition) is 3. The van der Waals surface area contributed by atoms with Crippen LogP contribution in [0.2, 0.25) is 0 Å². The van der Waals surface area contributed by atoms with Crippen molar-refractivity contribution in [2.75, 3.05) is 13.2 Å². The quantitative estimate of drug-likeness (QED) is 0.234. The van der Waals surface area contributed by atoms with Gasteiger partial charge in [0.25, 0.3) is 0 Å². The number of ether oxygens (including phenoxy) is 2. The zero-order chi connectivity index (χ0) is 18.4. The number of unbranched alkanes of at least 4 members (excludes halogenated alkanes) is 6. The first-order valence-electron chi connectivity index (χ1n) is 9.86. The fraction of sp³-hybridized carbons (Fsp3) is 0.773. The number of hydrogen-bond donors (Lipinski definition) is 0. The molecule has 0 heterocycles. The minimum absolute atomic E-state index is 0.316. The second-order valence-electron chi connectivity index (χ2n) is 5.99. The summed E-state index contributed by atoms with van der Waals surface area (Å²) in [6.45, 7) is 5.50. The van der Waals surface area contributed by atoms with Crippen LogP contribution in [0.5, 0.6) is 0 Å². The Morgan fingerprint density at radius 2 is 1.16 bits per heavy atom. The van der Waals surface area contributed by atoms with E-state index in [-0.39, 0.29) is 6.29 Å². The van der Waals surface area contributed by atoms with Crippen LogP contribution in [0.4, 0.5) is 0 Å². The lowest BCUT2D eigenvalue weighted by atomic mass is 10.2. The molecule has 0 amide bonds. The molecule has 0 fully saturated rings. The largest absolute Gasteiger partial charge is 0.352 e. The van der Waals surface area contributed by atoms with Crippen LogP contribution in [0.3, 0.4) is 0 Å². The predicted molar refractivity (Wildman–Crippen MR) is 104 cm³/mol. The predicted octanol–water partition coefficient (Wildman–Crippen LogP) is 5.60. The van der Waals surface area contributed by atoms with Gasteiger partial charge in [0, 0.05) is 38.5 Å². The van der Waals surface area contributed by atoms with E-state index in [1.807, 2.05) is 0 Å². The molecule has 0 atom stereocenters. The lowest BCUT2D eigenvalue weighted by Crippen LogP contribution is -2.18. The molecule has 0 aliphatic rings. The normalized spacial score (nSPS) is 9.84. The average molecular weight is 346 g/mol. The molecule has 0 aromatic heterocycles. The van der Waals surface area contributed by atoms with Gasteiger partial charge in [0.2, 0.25) is 0 Å². The van der Waals surface area contributed by atoms with Crippen LogP contribution in [0.1, 0.15) is 90.9 Å². The van der Waals surface area contributed by atoms with E-state index in [0.717, 1.165) is 25.7 Å². The molecule has 3 nitrogen and oxygen atoms in total. The van der Waals surface area contributed by atoms with Gasteiger partial charge in [0.15, 0.2) is 6.29 Å². The second kappa shape index (κ2) is 20.6. The van der Waals surface area contributed by atoms with E-state index >= 15 is 0 Å². The van der Waals surface area contributed by atoms with Crippen LogP contribution in [0.15, 0.2) is 0 Å². The summed E-state index contributed by atoms with van der Waals surface area (Å²) < 4.78 is 11.4. The molecule has 0 saturated heterocycles. The molecular formula is C22H35NO2. The maximum absolute atomic E-state index is 8.73. The first kappa shape index (κ1) is 23.5. The molecule has 0 unspecified atom stereocenters. The highest BCUT2D eigenvalue weighted by atomic mass is 16.7. The van der Waals surface area contributed by atoms with Crippen molar-refractivity contribution >= 4 is 0 Å². The zero-order valence-electron chi connectivity index (χ0n) is 16.2. The van der Waals surface area contributed by atoms with Gasteiger partial charge in [-0.15, -0.1) is 23.7 Å². The topological polar surface area (TPSA) is 42.2 Å². The van der Waals surface area contributed by atoms with Crippen molar-refractivity contribution in [1.82, 2.24) is 0 Å². The molecule has 0 aromatic carbocycles. The number of nitrogens with zero attached hydrogens (tertiary/aromatic N) is 1. The Labute approximate surface area is 155 Å². The van der Waals surface area contributed by atoms with E-state index in [1.165, 1.54) is 38.5 Å². The Bertz CT molecular complexity index is 411. The Balaban J connectivity index is 3.83. The van der Waals surface area contributed by atoms with Crippen LogP contribution in [0.25, 0.3) is 0 Å². The van der Waals surface area contributed by atoms with E-state index < -0.39 is 0 Å². The van der Waals surface area contributed by atoms with E-state index in [4.69, 9.17) is 14.7 Å². The molecule has 0 spiro atoms. The molecule has 0 saturated carbocycles. The third-order valence-corrected chi connectivity index (χ3v) is 3.61. The first-order valence-corrected chi connectivity index (χ1v) is 9.86. The Kier molecular flexibility index (Phi) is 19.4. The van der Waals surface area contributed by atoms with Crippen LogP contribution in [-0.4, -0.2) is 19.5 Å². The monoisotopic (exact) mass is 345 g/mol. The lowest BCUT2D eigenvalue weighted by Gasteiger charge is -2.16. The van der Waals surface area contributed by atoms with Gasteiger partial charge < -0.3 is 9.47 Å². The SMILES string of the molecule is CCCCCC#CCCOC(CCC#N)OCCC#CCCCCC. The summed E-state index contributed by atoms with van der Waals surface area (Å²) in [4.78, 5) is 0. The van der Waals surface area contributed by atoms with E-state index in [9.17, 15) is 0 Å². The van der Waals surface area contributed by atoms with Gasteiger partial charge in [-0.05, 0) is 12.8 Å². The average Bonchev–Trinajstić information content (AvgIpc) is 2.63. The fourth-order valence-electron chi connectivity index (χ4n) is 2.16. The minimum atomic E-state index is -0.316. The van der Waals surface area contributed by atoms with Gasteiger partial charge in [-0.25, -0.2) is 0 Å². The Hall–Kier alpha value is -1.47. The maximum Gasteiger partial charge on any atom is 0.158 e. The van der Waals surface area contributed by atoms with Crippen molar-refractivity contribution < 1.29 is 9.47 Å². The molecule has 0 aliphatic heterocycles. The minimum Gasteiger partial charge on any atom is -0.352 e. The Morgan fingerprint density at radius 3 is 1.60 bits per heavy atom. The molecule has 0 bridgehead atoms. The highest BCUT2D eigenvalue weighted by molar-refractivity contribution is 4.99. The van der Waals surface area contributed by atoms with E-state index in [1.54, 1.807) is 0 Å². The summed E-state index contributed by atoms with van der Waals surface area (Å²) in [6.07, 6.45) is 11.4. The van der Waals surface area contributed by atoms with Crippen LogP contribution >= 0.6 is 0 Å². The highest BCUT2D eigenvalue weighted by Gasteiger charge is 2.08. The molecule has 0 aliphatic carbocycles. The van der Waals surface area contributed by atoms with Crippen molar-refractivity contribution in [3.8, 4) is 29.8 Å². The van der Waals surface area contributed by atoms with Crippen molar-refractivity contribution in [3.05, 3.63) is 0 Å². The summed E-state index contributed by atoms with van der Waals surface area (Å²) >= 11 is 0. The first-order chi connectivity index (χ1) is 12.3. The molecule has 0 radical (unpaired) electrons. The lowest BCUT2D eigenvalue weighted by molar-refractivity contribution is -0.142. The van der Waals surface area contributed by atoms with E-state index in [2.05, 4.69) is 43.6 Å². The maximum atomic E-state index is 8.73. The fourth-order valence-corrected chi connectivity index (χ4v) is 2.16. The molecular weight excluding hydrogens is 310 g/mol. The van der Waals surface area contributed by atoms with Crippen molar-refractivity contribution in [2.45, 2.75) is 97.2 Å². The van der Waals surface area contributed by atoms with Gasteiger partial charge in [0.1, 0.15) is 0 Å². The van der Waals surface area contributed by atoms with Gasteiger partial charge in [-0.3, -0.25) is 0 Å². The highest BCUT2D eigenvalue weighted by Crippen LogP contribution is 2.06. The van der Waals surface area contributed by atoms with E-state index in [0.29, 0.717) is 26.1 Å². The van der Waals surface area contributed by atoms with Crippen molar-refractivity contribution in [1.29, 1.82) is 5.26 Å². The third kappa shape index (κ3) is 18.7. The standard InChI is InChI=1S/C22H35NO2/c1-3-5-7-9-11-13-15-20-24-22(18-17-19-23)25-21-16-14-12-10-8-6-4-2/h22H,3-10,15-18,20-21H2,1-2H3. The summed E-state index contributed by atoms with van der Waals surface area (Å²) in [6, 6.07) is 2.14. The van der Waals surface area contributed by atoms with Gasteiger partial charge in [-0.1, -0.05) is 39.5 Å². The van der Waals surface area contributed by atoms with Gasteiger partial charge in [-0.2, -0.15) is 5.26 Å². The summed E-state index contributed by atoms with van der Waals surface area (Å²) in [5.41, 5.74) is 0. The molecule has 140 valence electrons. The Morgan fingerprint density at radius 1 is 0.680 bits per heavy atom. The van der Waals surface area contributed by atoms with Crippen LogP contribution in [-0.2, 0) is 9.47 Å². The third-order valence-electron chi connectivity index (χ3n) is 3.61. The van der Waals surface area contributed by atoms with Crippen LogP contribution in [0, 0.1) is 35.0 Å².